The van der Waals surface area contributed by atoms with Gasteiger partial charge in [-0.05, 0) is 52.0 Å². The molecule has 0 saturated heterocycles. The molecule has 0 aromatic carbocycles. The van der Waals surface area contributed by atoms with Crippen LogP contribution in [0, 0.1) is 11.8 Å². The second-order valence-corrected chi connectivity index (χ2v) is 6.52. The minimum absolute atomic E-state index is 0.0939. The number of amides is 1. The van der Waals surface area contributed by atoms with Crippen LogP contribution < -0.4 is 10.6 Å². The van der Waals surface area contributed by atoms with Gasteiger partial charge in [0.05, 0.1) is 6.04 Å². The summed E-state index contributed by atoms with van der Waals surface area (Å²) < 4.78 is 0. The van der Waals surface area contributed by atoms with Crippen LogP contribution in [0.3, 0.4) is 0 Å². The molecule has 2 N–H and O–H groups in total. The van der Waals surface area contributed by atoms with Crippen LogP contribution >= 0.6 is 0 Å². The highest BCUT2D eigenvalue weighted by molar-refractivity contribution is 5.81. The van der Waals surface area contributed by atoms with Gasteiger partial charge in [-0.15, -0.1) is 0 Å². The van der Waals surface area contributed by atoms with E-state index in [4.69, 9.17) is 0 Å². The molecule has 1 aliphatic rings. The van der Waals surface area contributed by atoms with Crippen molar-refractivity contribution in [1.29, 1.82) is 0 Å². The molecule has 18 heavy (non-hydrogen) atoms. The van der Waals surface area contributed by atoms with Crippen molar-refractivity contribution >= 4 is 5.91 Å². The van der Waals surface area contributed by atoms with Gasteiger partial charge in [-0.2, -0.15) is 0 Å². The Morgan fingerprint density at radius 2 is 2.06 bits per heavy atom. The van der Waals surface area contributed by atoms with E-state index < -0.39 is 0 Å². The summed E-state index contributed by atoms with van der Waals surface area (Å²) in [7, 11) is 0. The van der Waals surface area contributed by atoms with Crippen LogP contribution in [0.4, 0.5) is 0 Å². The van der Waals surface area contributed by atoms with Gasteiger partial charge in [-0.3, -0.25) is 4.79 Å². The van der Waals surface area contributed by atoms with E-state index in [0.717, 1.165) is 24.8 Å². The second kappa shape index (κ2) is 6.55. The van der Waals surface area contributed by atoms with Crippen molar-refractivity contribution in [1.82, 2.24) is 10.6 Å². The van der Waals surface area contributed by atoms with E-state index >= 15 is 0 Å². The van der Waals surface area contributed by atoms with Crippen LogP contribution in [0.5, 0.6) is 0 Å². The average Bonchev–Trinajstić information content (AvgIpc) is 2.71. The maximum atomic E-state index is 12.0. The summed E-state index contributed by atoms with van der Waals surface area (Å²) in [5, 5.41) is 6.48. The predicted octanol–water partition coefficient (Wildman–Crippen LogP) is 2.71. The molecule has 0 aromatic rings. The Labute approximate surface area is 112 Å². The normalized spacial score (nSPS) is 26.1. The summed E-state index contributed by atoms with van der Waals surface area (Å²) in [4.78, 5) is 12.0. The van der Waals surface area contributed by atoms with Crippen LogP contribution in [0.2, 0.25) is 0 Å². The highest BCUT2D eigenvalue weighted by atomic mass is 16.2. The minimum Gasteiger partial charge on any atom is -0.350 e. The largest absolute Gasteiger partial charge is 0.350 e. The SMILES string of the molecule is CCC(C)(C)NC(=O)C(C)NCC1CCCC1C. The molecule has 0 spiro atoms. The Morgan fingerprint density at radius 1 is 1.39 bits per heavy atom. The molecule has 1 amide bonds. The molecule has 0 aliphatic heterocycles. The summed E-state index contributed by atoms with van der Waals surface area (Å²) in [5.41, 5.74) is -0.103. The topological polar surface area (TPSA) is 41.1 Å². The molecule has 3 heteroatoms. The summed E-state index contributed by atoms with van der Waals surface area (Å²) >= 11 is 0. The summed E-state index contributed by atoms with van der Waals surface area (Å²) in [6.45, 7) is 11.5. The predicted molar refractivity (Wildman–Crippen MR) is 76.5 cm³/mol. The van der Waals surface area contributed by atoms with E-state index in [1.54, 1.807) is 0 Å². The Bertz CT molecular complexity index is 276. The molecule has 3 atom stereocenters. The summed E-state index contributed by atoms with van der Waals surface area (Å²) in [5.74, 6) is 1.67. The minimum atomic E-state index is -0.103. The van der Waals surface area contributed by atoms with Crippen molar-refractivity contribution in [2.24, 2.45) is 11.8 Å². The average molecular weight is 254 g/mol. The molecule has 1 aliphatic carbocycles. The fraction of sp³-hybridized carbons (Fsp3) is 0.933. The van der Waals surface area contributed by atoms with E-state index in [0.29, 0.717) is 0 Å². The monoisotopic (exact) mass is 254 g/mol. The number of hydrogen-bond donors (Lipinski definition) is 2. The fourth-order valence-corrected chi connectivity index (χ4v) is 2.48. The van der Waals surface area contributed by atoms with Gasteiger partial charge in [-0.1, -0.05) is 26.7 Å². The third-order valence-corrected chi connectivity index (χ3v) is 4.46. The van der Waals surface area contributed by atoms with E-state index in [1.165, 1.54) is 19.3 Å². The first-order chi connectivity index (χ1) is 8.35. The standard InChI is InChI=1S/C15H30N2O/c1-6-15(4,5)17-14(18)12(3)16-10-13-9-7-8-11(13)2/h11-13,16H,6-10H2,1-5H3,(H,17,18). The van der Waals surface area contributed by atoms with E-state index in [2.05, 4.69) is 38.3 Å². The van der Waals surface area contributed by atoms with Crippen molar-refractivity contribution in [3.8, 4) is 0 Å². The van der Waals surface area contributed by atoms with Crippen molar-refractivity contribution in [2.45, 2.75) is 71.9 Å². The van der Waals surface area contributed by atoms with Crippen LogP contribution in [-0.2, 0) is 4.79 Å². The zero-order chi connectivity index (χ0) is 13.8. The van der Waals surface area contributed by atoms with Crippen LogP contribution in [0.1, 0.15) is 60.3 Å². The molecule has 106 valence electrons. The Balaban J connectivity index is 2.31. The third kappa shape index (κ3) is 4.60. The zero-order valence-electron chi connectivity index (χ0n) is 12.7. The highest BCUT2D eigenvalue weighted by Gasteiger charge is 2.25. The Morgan fingerprint density at radius 3 is 2.56 bits per heavy atom. The van der Waals surface area contributed by atoms with Crippen molar-refractivity contribution < 1.29 is 4.79 Å². The van der Waals surface area contributed by atoms with Gasteiger partial charge in [0.15, 0.2) is 0 Å². The van der Waals surface area contributed by atoms with Gasteiger partial charge in [-0.25, -0.2) is 0 Å². The molecule has 0 radical (unpaired) electrons. The van der Waals surface area contributed by atoms with Crippen molar-refractivity contribution in [2.75, 3.05) is 6.54 Å². The first kappa shape index (κ1) is 15.5. The molecule has 0 bridgehead atoms. The molecule has 1 saturated carbocycles. The quantitative estimate of drug-likeness (QED) is 0.765. The molecule has 1 fully saturated rings. The smallest absolute Gasteiger partial charge is 0.237 e. The van der Waals surface area contributed by atoms with Gasteiger partial charge >= 0.3 is 0 Å². The summed E-state index contributed by atoms with van der Waals surface area (Å²) in [6, 6.07) is -0.0939. The third-order valence-electron chi connectivity index (χ3n) is 4.46. The molecule has 3 nitrogen and oxygen atoms in total. The Hall–Kier alpha value is -0.570. The van der Waals surface area contributed by atoms with Crippen molar-refractivity contribution in [3.05, 3.63) is 0 Å². The van der Waals surface area contributed by atoms with Crippen LogP contribution in [0.25, 0.3) is 0 Å². The summed E-state index contributed by atoms with van der Waals surface area (Å²) in [6.07, 6.45) is 4.95. The van der Waals surface area contributed by atoms with Crippen molar-refractivity contribution in [3.63, 3.8) is 0 Å². The lowest BCUT2D eigenvalue weighted by Crippen LogP contribution is -2.51. The molecule has 0 aromatic heterocycles. The fourth-order valence-electron chi connectivity index (χ4n) is 2.48. The van der Waals surface area contributed by atoms with Gasteiger partial charge in [0.25, 0.3) is 0 Å². The Kier molecular flexibility index (Phi) is 5.64. The van der Waals surface area contributed by atoms with Gasteiger partial charge in [0.1, 0.15) is 0 Å². The molecular formula is C15H30N2O. The van der Waals surface area contributed by atoms with E-state index in [-0.39, 0.29) is 17.5 Å². The molecule has 1 rings (SSSR count). The van der Waals surface area contributed by atoms with Gasteiger partial charge in [0, 0.05) is 5.54 Å². The maximum absolute atomic E-state index is 12.0. The van der Waals surface area contributed by atoms with E-state index in [1.807, 2.05) is 6.92 Å². The van der Waals surface area contributed by atoms with Crippen LogP contribution in [-0.4, -0.2) is 24.0 Å². The molecule has 3 unspecified atom stereocenters. The lowest BCUT2D eigenvalue weighted by Gasteiger charge is -2.27. The lowest BCUT2D eigenvalue weighted by molar-refractivity contribution is -0.124. The molecular weight excluding hydrogens is 224 g/mol. The lowest BCUT2D eigenvalue weighted by atomic mass is 9.98. The first-order valence-corrected chi connectivity index (χ1v) is 7.41. The van der Waals surface area contributed by atoms with E-state index in [9.17, 15) is 4.79 Å². The maximum Gasteiger partial charge on any atom is 0.237 e. The number of nitrogens with one attached hydrogen (secondary N) is 2. The number of carbonyl (C=O) groups excluding carboxylic acids is 1. The van der Waals surface area contributed by atoms with Gasteiger partial charge < -0.3 is 10.6 Å². The number of carbonyl (C=O) groups is 1. The number of rotatable bonds is 6. The molecule has 0 heterocycles. The highest BCUT2D eigenvalue weighted by Crippen LogP contribution is 2.30. The second-order valence-electron chi connectivity index (χ2n) is 6.52. The zero-order valence-corrected chi connectivity index (χ0v) is 12.7. The number of hydrogen-bond acceptors (Lipinski definition) is 2. The first-order valence-electron chi connectivity index (χ1n) is 7.41. The van der Waals surface area contributed by atoms with Gasteiger partial charge in [0.2, 0.25) is 5.91 Å². The van der Waals surface area contributed by atoms with Crippen LogP contribution in [0.15, 0.2) is 0 Å².